The van der Waals surface area contributed by atoms with Gasteiger partial charge in [-0.1, -0.05) is 12.1 Å². The molecule has 1 aromatic carbocycles. The maximum atomic E-state index is 13.2. The molecule has 2 atom stereocenters. The number of hydrogen-bond donors (Lipinski definition) is 2. The molecule has 2 N–H and O–H groups in total. The van der Waals surface area contributed by atoms with Crippen molar-refractivity contribution in [1.82, 2.24) is 19.7 Å². The van der Waals surface area contributed by atoms with E-state index < -0.39 is 23.7 Å². The topological polar surface area (TPSA) is 105 Å². The number of carboxylic acid groups (broad SMARTS) is 1. The Hall–Kier alpha value is -3.92. The first kappa shape index (κ1) is 22.9. The van der Waals surface area contributed by atoms with Gasteiger partial charge in [-0.3, -0.25) is 14.4 Å². The van der Waals surface area contributed by atoms with E-state index in [0.29, 0.717) is 17.5 Å². The van der Waals surface area contributed by atoms with Crippen LogP contribution in [0.5, 0.6) is 0 Å². The minimum atomic E-state index is -0.949. The van der Waals surface area contributed by atoms with Crippen molar-refractivity contribution in [3.8, 4) is 5.00 Å². The van der Waals surface area contributed by atoms with E-state index in [2.05, 4.69) is 34.3 Å². The average Bonchev–Trinajstić information content (AvgIpc) is 3.30. The Morgan fingerprint density at radius 3 is 2.54 bits per heavy atom. The number of carboxylic acids is 1. The molecular weight excluding hydrogens is 467 g/mol. The van der Waals surface area contributed by atoms with Gasteiger partial charge in [-0.2, -0.15) is 0 Å². The summed E-state index contributed by atoms with van der Waals surface area (Å²) in [6.45, 7) is 7.62. The Balaban J connectivity index is 1.63. The largest absolute Gasteiger partial charge is 0.481 e. The van der Waals surface area contributed by atoms with Crippen LogP contribution in [0.4, 0.5) is 15.9 Å². The van der Waals surface area contributed by atoms with Gasteiger partial charge in [0, 0.05) is 21.7 Å². The summed E-state index contributed by atoms with van der Waals surface area (Å²) in [5.74, 6) is -0.405. The first-order chi connectivity index (χ1) is 16.7. The fourth-order valence-corrected chi connectivity index (χ4v) is 5.34. The van der Waals surface area contributed by atoms with Crippen molar-refractivity contribution in [3.05, 3.63) is 81.6 Å². The van der Waals surface area contributed by atoms with E-state index in [-0.39, 0.29) is 0 Å². The summed E-state index contributed by atoms with van der Waals surface area (Å²) in [6.07, 6.45) is 1.16. The van der Waals surface area contributed by atoms with E-state index in [0.717, 1.165) is 44.2 Å². The number of rotatable bonds is 5. The zero-order chi connectivity index (χ0) is 24.9. The minimum Gasteiger partial charge on any atom is -0.481 e. The molecule has 10 heteroatoms. The minimum absolute atomic E-state index is 0.398. The van der Waals surface area contributed by atoms with Crippen LogP contribution in [0.2, 0.25) is 0 Å². The van der Waals surface area contributed by atoms with E-state index in [1.807, 2.05) is 35.8 Å². The number of anilines is 2. The van der Waals surface area contributed by atoms with Crippen molar-refractivity contribution in [2.45, 2.75) is 33.7 Å². The van der Waals surface area contributed by atoms with Crippen molar-refractivity contribution in [3.63, 3.8) is 0 Å². The summed E-state index contributed by atoms with van der Waals surface area (Å²) in [5.41, 5.74) is 4.39. The standard InChI is InChI=1S/C25H23FN6O2S/c1-12-14(3)35-24-20(12)22(29-21(13(2)25(33)34)23-31-30-15(4)32(23)24)16-5-8-18(9-6-16)28-19-10-7-17(26)11-27-19/h5-11,13,21H,1-4H3,(H,27,28)(H,33,34)/t13?,21-/m0/s1. The van der Waals surface area contributed by atoms with E-state index in [1.165, 1.54) is 6.07 Å². The first-order valence-electron chi connectivity index (χ1n) is 11.1. The maximum Gasteiger partial charge on any atom is 0.308 e. The second-order valence-electron chi connectivity index (χ2n) is 8.52. The van der Waals surface area contributed by atoms with Gasteiger partial charge in [-0.25, -0.2) is 9.37 Å². The molecule has 178 valence electrons. The molecule has 0 aliphatic carbocycles. The monoisotopic (exact) mass is 490 g/mol. The van der Waals surface area contributed by atoms with Gasteiger partial charge in [0.1, 0.15) is 28.5 Å². The number of pyridine rings is 1. The lowest BCUT2D eigenvalue weighted by Gasteiger charge is -2.16. The van der Waals surface area contributed by atoms with E-state index in [1.54, 1.807) is 24.3 Å². The molecule has 35 heavy (non-hydrogen) atoms. The third kappa shape index (κ3) is 3.99. The Morgan fingerprint density at radius 2 is 1.89 bits per heavy atom. The first-order valence-corrected chi connectivity index (χ1v) is 11.9. The van der Waals surface area contributed by atoms with Crippen LogP contribution in [0, 0.1) is 32.5 Å². The van der Waals surface area contributed by atoms with Crippen molar-refractivity contribution in [2.24, 2.45) is 10.9 Å². The van der Waals surface area contributed by atoms with E-state index in [4.69, 9.17) is 4.99 Å². The molecule has 0 spiro atoms. The zero-order valence-electron chi connectivity index (χ0n) is 19.6. The van der Waals surface area contributed by atoms with Crippen LogP contribution in [-0.4, -0.2) is 36.5 Å². The lowest BCUT2D eigenvalue weighted by Crippen LogP contribution is -2.21. The number of fused-ring (bicyclic) bond motifs is 3. The molecule has 5 rings (SSSR count). The Bertz CT molecular complexity index is 1460. The van der Waals surface area contributed by atoms with Crippen molar-refractivity contribution >= 4 is 34.5 Å². The fourth-order valence-electron chi connectivity index (χ4n) is 4.13. The van der Waals surface area contributed by atoms with Crippen molar-refractivity contribution in [2.75, 3.05) is 5.32 Å². The predicted molar refractivity (Wildman–Crippen MR) is 133 cm³/mol. The highest BCUT2D eigenvalue weighted by Crippen LogP contribution is 2.40. The molecule has 1 aliphatic rings. The van der Waals surface area contributed by atoms with Gasteiger partial charge < -0.3 is 10.4 Å². The van der Waals surface area contributed by atoms with Crippen LogP contribution < -0.4 is 5.32 Å². The van der Waals surface area contributed by atoms with Gasteiger partial charge in [-0.15, -0.1) is 21.5 Å². The molecule has 0 bridgehead atoms. The highest BCUT2D eigenvalue weighted by atomic mass is 32.1. The van der Waals surface area contributed by atoms with Crippen LogP contribution in [-0.2, 0) is 4.79 Å². The number of carbonyl (C=O) groups is 1. The number of aryl methyl sites for hydroxylation is 2. The molecule has 4 aromatic rings. The number of hydrogen-bond acceptors (Lipinski definition) is 7. The van der Waals surface area contributed by atoms with E-state index >= 15 is 0 Å². The Morgan fingerprint density at radius 1 is 1.14 bits per heavy atom. The average molecular weight is 491 g/mol. The molecule has 0 amide bonds. The van der Waals surface area contributed by atoms with Gasteiger partial charge >= 0.3 is 5.97 Å². The molecule has 0 fully saturated rings. The zero-order valence-corrected chi connectivity index (χ0v) is 20.4. The molecule has 0 saturated carbocycles. The third-order valence-corrected chi connectivity index (χ3v) is 7.40. The molecule has 8 nitrogen and oxygen atoms in total. The molecular formula is C25H23FN6O2S. The lowest BCUT2D eigenvalue weighted by molar-refractivity contribution is -0.141. The van der Waals surface area contributed by atoms with Gasteiger partial charge in [0.2, 0.25) is 0 Å². The predicted octanol–water partition coefficient (Wildman–Crippen LogP) is 5.14. The van der Waals surface area contributed by atoms with Crippen molar-refractivity contribution in [1.29, 1.82) is 0 Å². The third-order valence-electron chi connectivity index (χ3n) is 6.21. The molecule has 0 saturated heterocycles. The Labute approximate surface area is 205 Å². The number of nitrogens with one attached hydrogen (secondary N) is 1. The number of benzene rings is 1. The van der Waals surface area contributed by atoms with Crippen LogP contribution in [0.3, 0.4) is 0 Å². The molecule has 0 radical (unpaired) electrons. The van der Waals surface area contributed by atoms with Crippen LogP contribution >= 0.6 is 11.3 Å². The summed E-state index contributed by atoms with van der Waals surface area (Å²) in [5, 5.41) is 22.5. The molecule has 1 unspecified atom stereocenters. The van der Waals surface area contributed by atoms with E-state index in [9.17, 15) is 14.3 Å². The van der Waals surface area contributed by atoms with Crippen LogP contribution in [0.1, 0.15) is 46.2 Å². The number of halogens is 1. The lowest BCUT2D eigenvalue weighted by atomic mass is 9.98. The van der Waals surface area contributed by atoms with Crippen LogP contribution in [0.15, 0.2) is 47.6 Å². The number of aliphatic carboxylic acids is 1. The summed E-state index contributed by atoms with van der Waals surface area (Å²) in [7, 11) is 0. The summed E-state index contributed by atoms with van der Waals surface area (Å²) >= 11 is 1.62. The van der Waals surface area contributed by atoms with Gasteiger partial charge in [0.05, 0.1) is 17.8 Å². The second kappa shape index (κ2) is 8.70. The summed E-state index contributed by atoms with van der Waals surface area (Å²) < 4.78 is 15.1. The highest BCUT2D eigenvalue weighted by Gasteiger charge is 2.36. The molecule has 4 heterocycles. The van der Waals surface area contributed by atoms with Crippen LogP contribution in [0.25, 0.3) is 5.00 Å². The normalized spacial score (nSPS) is 15.6. The quantitative estimate of drug-likeness (QED) is 0.401. The second-order valence-corrected chi connectivity index (χ2v) is 9.72. The number of nitrogens with zero attached hydrogens (tertiary/aromatic N) is 5. The molecule has 3 aromatic heterocycles. The van der Waals surface area contributed by atoms with Gasteiger partial charge in [0.15, 0.2) is 5.82 Å². The molecule has 1 aliphatic heterocycles. The Kier molecular flexibility index (Phi) is 5.68. The summed E-state index contributed by atoms with van der Waals surface area (Å²) in [4.78, 5) is 22.2. The summed E-state index contributed by atoms with van der Waals surface area (Å²) in [6, 6.07) is 9.86. The number of thiophene rings is 1. The van der Waals surface area contributed by atoms with Gasteiger partial charge in [0.25, 0.3) is 0 Å². The number of aliphatic imine (C=N–C) groups is 1. The highest BCUT2D eigenvalue weighted by molar-refractivity contribution is 7.15. The SMILES string of the molecule is Cc1sc2c(c1C)C(c1ccc(Nc3ccc(F)cn3)cc1)=N[C@@H](C(C)C(=O)O)c1nnc(C)n1-2. The van der Waals surface area contributed by atoms with Gasteiger partial charge in [-0.05, 0) is 57.5 Å². The maximum absolute atomic E-state index is 13.2. The van der Waals surface area contributed by atoms with Crippen molar-refractivity contribution < 1.29 is 14.3 Å². The number of aromatic nitrogens is 4. The smallest absolute Gasteiger partial charge is 0.308 e. The fraction of sp³-hybridized carbons (Fsp3) is 0.240.